The molecule has 0 saturated heterocycles. The van der Waals surface area contributed by atoms with Crippen molar-refractivity contribution in [2.75, 3.05) is 6.54 Å². The van der Waals surface area contributed by atoms with Crippen molar-refractivity contribution in [2.24, 2.45) is 11.8 Å². The van der Waals surface area contributed by atoms with Crippen molar-refractivity contribution in [3.05, 3.63) is 62.6 Å². The topological polar surface area (TPSA) is 88.9 Å². The number of nitrogens with zero attached hydrogens (tertiary/aromatic N) is 3. The van der Waals surface area contributed by atoms with Gasteiger partial charge in [-0.3, -0.25) is 9.59 Å². The fourth-order valence-corrected chi connectivity index (χ4v) is 3.95. The quantitative estimate of drug-likeness (QED) is 0.691. The van der Waals surface area contributed by atoms with Gasteiger partial charge in [-0.2, -0.15) is 5.10 Å². The van der Waals surface area contributed by atoms with Crippen LogP contribution in [-0.4, -0.2) is 33.1 Å². The lowest BCUT2D eigenvalue weighted by Gasteiger charge is -2.30. The minimum atomic E-state index is -0.642. The first kappa shape index (κ1) is 22.3. The fourth-order valence-electron chi connectivity index (χ4n) is 3.28. The molecule has 2 amide bonds. The summed E-state index contributed by atoms with van der Waals surface area (Å²) in [5.41, 5.74) is 1.29. The molecule has 0 aliphatic heterocycles. The Balaban J connectivity index is 2.00. The van der Waals surface area contributed by atoms with Gasteiger partial charge in [0.2, 0.25) is 5.91 Å². The van der Waals surface area contributed by atoms with E-state index in [1.807, 2.05) is 13.8 Å². The molecular weight excluding hydrogens is 449 g/mol. The molecule has 10 heteroatoms. The fraction of sp³-hybridized carbons (Fsp3) is 0.300. The predicted octanol–water partition coefficient (Wildman–Crippen LogP) is 4.10. The van der Waals surface area contributed by atoms with E-state index in [-0.39, 0.29) is 28.5 Å². The summed E-state index contributed by atoms with van der Waals surface area (Å²) in [5, 5.41) is 10.8. The third kappa shape index (κ3) is 4.38. The first-order valence-electron chi connectivity index (χ1n) is 9.28. The third-order valence-electron chi connectivity index (χ3n) is 4.76. The summed E-state index contributed by atoms with van der Waals surface area (Å²) in [5.74, 6) is -1.39. The van der Waals surface area contributed by atoms with E-state index in [1.54, 1.807) is 25.1 Å². The molecule has 2 aromatic heterocycles. The Hall–Kier alpha value is -2.35. The average molecular weight is 469 g/mol. The van der Waals surface area contributed by atoms with Crippen LogP contribution >= 0.6 is 34.8 Å². The molecule has 0 bridgehead atoms. The zero-order valence-corrected chi connectivity index (χ0v) is 18.8. The van der Waals surface area contributed by atoms with E-state index < -0.39 is 11.8 Å². The van der Waals surface area contributed by atoms with E-state index in [0.29, 0.717) is 27.9 Å². The summed E-state index contributed by atoms with van der Waals surface area (Å²) >= 11 is 18.6. The number of rotatable bonds is 5. The van der Waals surface area contributed by atoms with Crippen molar-refractivity contribution in [3.63, 3.8) is 0 Å². The van der Waals surface area contributed by atoms with Gasteiger partial charge in [0.05, 0.1) is 10.9 Å². The van der Waals surface area contributed by atoms with Crippen molar-refractivity contribution >= 4 is 46.6 Å². The van der Waals surface area contributed by atoms with Crippen molar-refractivity contribution < 1.29 is 9.59 Å². The maximum absolute atomic E-state index is 13.2. The average Bonchev–Trinajstić information content (AvgIpc) is 3.08. The maximum Gasteiger partial charge on any atom is 0.274 e. The molecule has 2 N–H and O–H groups in total. The van der Waals surface area contributed by atoms with E-state index >= 15 is 0 Å². The van der Waals surface area contributed by atoms with E-state index in [1.165, 1.54) is 16.9 Å². The standard InChI is InChI=1S/C20H20Cl3N5O2/c1-4-24-20(30)16-11(3)13(22)8-10(2)17(16)26-19(29)14-9-15(23)27-28(14)18-12(21)6-5-7-25-18/h5-9,11,16H,4H2,1-3H3,(H,24,30)(H,26,29). The van der Waals surface area contributed by atoms with Crippen molar-refractivity contribution in [1.29, 1.82) is 0 Å². The number of aromatic nitrogens is 3. The molecule has 3 rings (SSSR count). The lowest BCUT2D eigenvalue weighted by Crippen LogP contribution is -2.42. The number of carbonyl (C=O) groups is 2. The monoisotopic (exact) mass is 467 g/mol. The molecule has 0 spiro atoms. The summed E-state index contributed by atoms with van der Waals surface area (Å²) in [4.78, 5) is 30.1. The van der Waals surface area contributed by atoms with Crippen LogP contribution in [0.3, 0.4) is 0 Å². The van der Waals surface area contributed by atoms with Crippen molar-refractivity contribution in [3.8, 4) is 5.82 Å². The summed E-state index contributed by atoms with van der Waals surface area (Å²) in [6, 6.07) is 4.71. The largest absolute Gasteiger partial charge is 0.356 e. The predicted molar refractivity (Wildman–Crippen MR) is 117 cm³/mol. The lowest BCUT2D eigenvalue weighted by molar-refractivity contribution is -0.124. The van der Waals surface area contributed by atoms with E-state index in [4.69, 9.17) is 34.8 Å². The molecule has 2 heterocycles. The molecule has 30 heavy (non-hydrogen) atoms. The minimum absolute atomic E-state index is 0.104. The first-order valence-corrected chi connectivity index (χ1v) is 10.4. The number of carbonyl (C=O) groups excluding carboxylic acids is 2. The molecule has 0 radical (unpaired) electrons. The van der Waals surface area contributed by atoms with Crippen LogP contribution in [-0.2, 0) is 4.79 Å². The first-order chi connectivity index (χ1) is 14.2. The molecule has 0 fully saturated rings. The van der Waals surface area contributed by atoms with Gasteiger partial charge < -0.3 is 10.6 Å². The van der Waals surface area contributed by atoms with Gasteiger partial charge in [0.15, 0.2) is 11.0 Å². The van der Waals surface area contributed by atoms with Crippen LogP contribution in [0.15, 0.2) is 46.8 Å². The van der Waals surface area contributed by atoms with Gasteiger partial charge in [-0.15, -0.1) is 0 Å². The Morgan fingerprint density at radius 3 is 2.67 bits per heavy atom. The number of halogens is 3. The number of nitrogens with one attached hydrogen (secondary N) is 2. The van der Waals surface area contributed by atoms with Crippen LogP contribution in [0.4, 0.5) is 0 Å². The summed E-state index contributed by atoms with van der Waals surface area (Å²) < 4.78 is 1.27. The third-order valence-corrected chi connectivity index (χ3v) is 5.69. The molecule has 7 nitrogen and oxygen atoms in total. The van der Waals surface area contributed by atoms with Gasteiger partial charge in [-0.1, -0.05) is 41.7 Å². The normalized spacial score (nSPS) is 18.8. The molecule has 0 aromatic carbocycles. The molecule has 158 valence electrons. The second-order valence-electron chi connectivity index (χ2n) is 6.81. The van der Waals surface area contributed by atoms with E-state index in [0.717, 1.165) is 0 Å². The van der Waals surface area contributed by atoms with E-state index in [2.05, 4.69) is 20.7 Å². The Bertz CT molecular complexity index is 1060. The highest BCUT2D eigenvalue weighted by atomic mass is 35.5. The van der Waals surface area contributed by atoms with Gasteiger partial charge in [0.1, 0.15) is 5.69 Å². The number of pyridine rings is 1. The van der Waals surface area contributed by atoms with Gasteiger partial charge in [-0.25, -0.2) is 9.67 Å². The highest BCUT2D eigenvalue weighted by Crippen LogP contribution is 2.36. The number of hydrogen-bond donors (Lipinski definition) is 2. The van der Waals surface area contributed by atoms with Gasteiger partial charge in [-0.05, 0) is 37.6 Å². The molecule has 2 atom stereocenters. The molecule has 1 aliphatic rings. The number of amides is 2. The lowest BCUT2D eigenvalue weighted by atomic mass is 9.83. The van der Waals surface area contributed by atoms with Gasteiger partial charge in [0.25, 0.3) is 5.91 Å². The molecule has 0 saturated carbocycles. The summed E-state index contributed by atoms with van der Waals surface area (Å²) in [6.45, 7) is 5.92. The van der Waals surface area contributed by atoms with Crippen LogP contribution in [0.25, 0.3) is 5.82 Å². The molecule has 2 aromatic rings. The van der Waals surface area contributed by atoms with E-state index in [9.17, 15) is 9.59 Å². The zero-order chi connectivity index (χ0) is 22.0. The second kappa shape index (κ2) is 9.20. The Labute approximate surface area is 189 Å². The molecular formula is C20H20Cl3N5O2. The second-order valence-corrected chi connectivity index (χ2v) is 8.04. The molecule has 2 unspecified atom stereocenters. The Morgan fingerprint density at radius 2 is 2.00 bits per heavy atom. The van der Waals surface area contributed by atoms with Crippen LogP contribution in [0, 0.1) is 11.8 Å². The molecule has 1 aliphatic carbocycles. The maximum atomic E-state index is 13.2. The van der Waals surface area contributed by atoms with Crippen LogP contribution in [0.5, 0.6) is 0 Å². The summed E-state index contributed by atoms with van der Waals surface area (Å²) in [7, 11) is 0. The highest BCUT2D eigenvalue weighted by Gasteiger charge is 2.35. The van der Waals surface area contributed by atoms with Gasteiger partial charge >= 0.3 is 0 Å². The van der Waals surface area contributed by atoms with Crippen LogP contribution in [0.1, 0.15) is 31.3 Å². The van der Waals surface area contributed by atoms with Crippen LogP contribution < -0.4 is 10.6 Å². The summed E-state index contributed by atoms with van der Waals surface area (Å²) in [6.07, 6.45) is 3.28. The van der Waals surface area contributed by atoms with Gasteiger partial charge in [0, 0.05) is 35.5 Å². The van der Waals surface area contributed by atoms with Crippen molar-refractivity contribution in [1.82, 2.24) is 25.4 Å². The SMILES string of the molecule is CCNC(=O)C1C(NC(=O)c2cc(Cl)nn2-c2ncccc2Cl)=C(C)C=C(Cl)C1C. The number of hydrogen-bond acceptors (Lipinski definition) is 4. The highest BCUT2D eigenvalue weighted by molar-refractivity contribution is 6.32. The Morgan fingerprint density at radius 1 is 1.27 bits per heavy atom. The zero-order valence-electron chi connectivity index (χ0n) is 16.5. The smallest absolute Gasteiger partial charge is 0.274 e. The Kier molecular flexibility index (Phi) is 6.85. The number of allylic oxidation sites excluding steroid dienone is 3. The minimum Gasteiger partial charge on any atom is -0.356 e. The van der Waals surface area contributed by atoms with Crippen molar-refractivity contribution in [2.45, 2.75) is 20.8 Å². The van der Waals surface area contributed by atoms with Crippen LogP contribution in [0.2, 0.25) is 10.2 Å².